The third-order valence-electron chi connectivity index (χ3n) is 2.51. The lowest BCUT2D eigenvalue weighted by molar-refractivity contribution is 0.0938. The third kappa shape index (κ3) is 4.31. The second kappa shape index (κ2) is 6.74. The summed E-state index contributed by atoms with van der Waals surface area (Å²) in [7, 11) is 0. The number of amides is 1. The van der Waals surface area contributed by atoms with Crippen molar-refractivity contribution in [1.29, 1.82) is 0 Å². The fourth-order valence-electron chi connectivity index (χ4n) is 1.61. The van der Waals surface area contributed by atoms with Gasteiger partial charge in [0.15, 0.2) is 0 Å². The van der Waals surface area contributed by atoms with Crippen LogP contribution in [0.4, 0.5) is 11.5 Å². The van der Waals surface area contributed by atoms with Crippen molar-refractivity contribution < 1.29 is 4.79 Å². The van der Waals surface area contributed by atoms with E-state index in [-0.39, 0.29) is 11.9 Å². The van der Waals surface area contributed by atoms with E-state index in [0.717, 1.165) is 5.69 Å². The lowest BCUT2D eigenvalue weighted by Crippen LogP contribution is -2.30. The molecule has 0 radical (unpaired) electrons. The van der Waals surface area contributed by atoms with Gasteiger partial charge in [-0.15, -0.1) is 0 Å². The zero-order valence-electron chi connectivity index (χ0n) is 11.5. The van der Waals surface area contributed by atoms with Crippen LogP contribution < -0.4 is 10.6 Å². The normalized spacial score (nSPS) is 10.5. The van der Waals surface area contributed by atoms with Gasteiger partial charge in [0.2, 0.25) is 0 Å². The topological polar surface area (TPSA) is 66.9 Å². The van der Waals surface area contributed by atoms with Gasteiger partial charge in [-0.05, 0) is 32.0 Å². The number of nitrogens with zero attached hydrogens (tertiary/aromatic N) is 2. The van der Waals surface area contributed by atoms with Crippen LogP contribution in [0, 0.1) is 0 Å². The van der Waals surface area contributed by atoms with Crippen LogP contribution in [-0.4, -0.2) is 21.9 Å². The molecule has 0 aliphatic rings. The molecule has 2 N–H and O–H groups in total. The fourth-order valence-corrected chi connectivity index (χ4v) is 1.91. The van der Waals surface area contributed by atoms with Gasteiger partial charge < -0.3 is 10.6 Å². The van der Waals surface area contributed by atoms with Gasteiger partial charge >= 0.3 is 0 Å². The maximum Gasteiger partial charge on any atom is 0.270 e. The zero-order valence-corrected chi connectivity index (χ0v) is 13.0. The number of halogens is 2. The van der Waals surface area contributed by atoms with Crippen molar-refractivity contribution in [3.05, 3.63) is 46.3 Å². The minimum atomic E-state index is -0.246. The number of rotatable bonds is 4. The van der Waals surface area contributed by atoms with Gasteiger partial charge in [0, 0.05) is 17.8 Å². The first-order valence-corrected chi connectivity index (χ1v) is 7.06. The number of hydrogen-bond donors (Lipinski definition) is 2. The van der Waals surface area contributed by atoms with Gasteiger partial charge in [-0.2, -0.15) is 0 Å². The summed E-state index contributed by atoms with van der Waals surface area (Å²) in [4.78, 5) is 19.9. The number of carbonyl (C=O) groups excluding carboxylic acids is 1. The Morgan fingerprint density at radius 3 is 2.57 bits per heavy atom. The molecule has 1 heterocycles. The Morgan fingerprint density at radius 2 is 1.90 bits per heavy atom. The summed E-state index contributed by atoms with van der Waals surface area (Å²) in [6.45, 7) is 3.77. The van der Waals surface area contributed by atoms with Gasteiger partial charge in [0.25, 0.3) is 5.91 Å². The van der Waals surface area contributed by atoms with Crippen molar-refractivity contribution in [3.8, 4) is 0 Å². The zero-order chi connectivity index (χ0) is 15.4. The van der Waals surface area contributed by atoms with E-state index >= 15 is 0 Å². The van der Waals surface area contributed by atoms with E-state index in [1.165, 1.54) is 6.33 Å². The van der Waals surface area contributed by atoms with Gasteiger partial charge in [0.05, 0.1) is 10.0 Å². The van der Waals surface area contributed by atoms with Crippen LogP contribution in [0.25, 0.3) is 0 Å². The largest absolute Gasteiger partial charge is 0.349 e. The fraction of sp³-hybridized carbons (Fsp3) is 0.214. The Balaban J connectivity index is 2.17. The molecule has 0 spiro atoms. The van der Waals surface area contributed by atoms with Crippen molar-refractivity contribution in [3.63, 3.8) is 0 Å². The van der Waals surface area contributed by atoms with E-state index in [1.807, 2.05) is 13.8 Å². The maximum atomic E-state index is 11.9. The molecule has 0 aliphatic heterocycles. The molecule has 5 nitrogen and oxygen atoms in total. The smallest absolute Gasteiger partial charge is 0.270 e. The molecular formula is C14H14Cl2N4O. The molecule has 1 aromatic heterocycles. The number of anilines is 2. The predicted octanol–water partition coefficient (Wildman–Crippen LogP) is 3.67. The number of benzene rings is 1. The summed E-state index contributed by atoms with van der Waals surface area (Å²) in [5.74, 6) is 0.252. The van der Waals surface area contributed by atoms with Gasteiger partial charge in [-0.1, -0.05) is 23.2 Å². The van der Waals surface area contributed by atoms with Crippen molar-refractivity contribution >= 4 is 40.6 Å². The van der Waals surface area contributed by atoms with E-state index in [9.17, 15) is 4.79 Å². The van der Waals surface area contributed by atoms with Crippen molar-refractivity contribution in [1.82, 2.24) is 15.3 Å². The molecule has 0 aliphatic carbocycles. The quantitative estimate of drug-likeness (QED) is 0.900. The van der Waals surface area contributed by atoms with Crippen molar-refractivity contribution in [2.45, 2.75) is 19.9 Å². The highest BCUT2D eigenvalue weighted by atomic mass is 35.5. The van der Waals surface area contributed by atoms with Crippen LogP contribution in [0.15, 0.2) is 30.6 Å². The van der Waals surface area contributed by atoms with Gasteiger partial charge in [0.1, 0.15) is 17.8 Å². The molecule has 1 amide bonds. The van der Waals surface area contributed by atoms with Gasteiger partial charge in [-0.25, -0.2) is 9.97 Å². The first-order chi connectivity index (χ1) is 9.95. The van der Waals surface area contributed by atoms with Crippen molar-refractivity contribution in [2.75, 3.05) is 5.32 Å². The molecule has 21 heavy (non-hydrogen) atoms. The predicted molar refractivity (Wildman–Crippen MR) is 84.4 cm³/mol. The molecule has 1 aromatic carbocycles. The first kappa shape index (κ1) is 15.5. The highest BCUT2D eigenvalue weighted by molar-refractivity contribution is 6.42. The highest BCUT2D eigenvalue weighted by Gasteiger charge is 2.10. The lowest BCUT2D eigenvalue weighted by Gasteiger charge is -2.09. The third-order valence-corrected chi connectivity index (χ3v) is 3.25. The van der Waals surface area contributed by atoms with E-state index < -0.39 is 0 Å². The van der Waals surface area contributed by atoms with Crippen LogP contribution in [0.1, 0.15) is 24.3 Å². The second-order valence-corrected chi connectivity index (χ2v) is 5.48. The summed E-state index contributed by atoms with van der Waals surface area (Å²) >= 11 is 11.8. The Kier molecular flexibility index (Phi) is 4.98. The number of aromatic nitrogens is 2. The average molecular weight is 325 g/mol. The molecule has 2 rings (SSSR count). The second-order valence-electron chi connectivity index (χ2n) is 4.67. The first-order valence-electron chi connectivity index (χ1n) is 6.30. The Hall–Kier alpha value is -1.85. The standard InChI is InChI=1S/C14H14Cl2N4O/c1-8(2)19-14(21)12-6-13(18-7-17-12)20-9-3-4-10(15)11(16)5-9/h3-8H,1-2H3,(H,19,21)(H,17,18,20). The molecule has 110 valence electrons. The molecule has 7 heteroatoms. The van der Waals surface area contributed by atoms with E-state index in [4.69, 9.17) is 23.2 Å². The van der Waals surface area contributed by atoms with Gasteiger partial charge in [-0.3, -0.25) is 4.79 Å². The summed E-state index contributed by atoms with van der Waals surface area (Å²) in [5, 5.41) is 6.73. The van der Waals surface area contributed by atoms with Crippen LogP contribution >= 0.6 is 23.2 Å². The van der Waals surface area contributed by atoms with E-state index in [0.29, 0.717) is 21.6 Å². The number of nitrogens with one attached hydrogen (secondary N) is 2. The number of hydrogen-bond acceptors (Lipinski definition) is 4. The average Bonchev–Trinajstić information content (AvgIpc) is 2.42. The molecular weight excluding hydrogens is 311 g/mol. The monoisotopic (exact) mass is 324 g/mol. The summed E-state index contributed by atoms with van der Waals surface area (Å²) < 4.78 is 0. The Bertz CT molecular complexity index is 661. The molecule has 0 bridgehead atoms. The van der Waals surface area contributed by atoms with E-state index in [2.05, 4.69) is 20.6 Å². The minimum absolute atomic E-state index is 0.0407. The minimum Gasteiger partial charge on any atom is -0.349 e. The van der Waals surface area contributed by atoms with Crippen LogP contribution in [0.3, 0.4) is 0 Å². The van der Waals surface area contributed by atoms with Crippen LogP contribution in [0.5, 0.6) is 0 Å². The Morgan fingerprint density at radius 1 is 1.14 bits per heavy atom. The molecule has 0 atom stereocenters. The molecule has 0 unspecified atom stereocenters. The summed E-state index contributed by atoms with van der Waals surface area (Å²) in [6, 6.07) is 6.74. The lowest BCUT2D eigenvalue weighted by atomic mass is 10.3. The van der Waals surface area contributed by atoms with Crippen LogP contribution in [0.2, 0.25) is 10.0 Å². The maximum absolute atomic E-state index is 11.9. The SMILES string of the molecule is CC(C)NC(=O)c1cc(Nc2ccc(Cl)c(Cl)c2)ncn1. The molecule has 0 saturated carbocycles. The molecule has 0 fully saturated rings. The van der Waals surface area contributed by atoms with E-state index in [1.54, 1.807) is 24.3 Å². The molecule has 2 aromatic rings. The van der Waals surface area contributed by atoms with Crippen molar-refractivity contribution in [2.24, 2.45) is 0 Å². The highest BCUT2D eigenvalue weighted by Crippen LogP contribution is 2.26. The molecule has 0 saturated heterocycles. The number of carbonyl (C=O) groups is 1. The van der Waals surface area contributed by atoms with Crippen LogP contribution in [-0.2, 0) is 0 Å². The summed E-state index contributed by atoms with van der Waals surface area (Å²) in [5.41, 5.74) is 1.01. The summed E-state index contributed by atoms with van der Waals surface area (Å²) in [6.07, 6.45) is 1.33. The Labute approximate surface area is 132 Å².